The maximum Gasteiger partial charge on any atom is 0.250 e. The molecule has 1 fully saturated rings. The Morgan fingerprint density at radius 2 is 1.94 bits per heavy atom. The average Bonchev–Trinajstić information content (AvgIpc) is 2.86. The van der Waals surface area contributed by atoms with Gasteiger partial charge in [0.1, 0.15) is 0 Å². The van der Waals surface area contributed by atoms with Gasteiger partial charge in [-0.25, -0.2) is 0 Å². The van der Waals surface area contributed by atoms with Crippen molar-refractivity contribution >= 4 is 6.08 Å². The zero-order chi connectivity index (χ0) is 13.4. The summed E-state index contributed by atoms with van der Waals surface area (Å²) in [5.41, 5.74) is 7.27. The van der Waals surface area contributed by atoms with Gasteiger partial charge in [0, 0.05) is 6.08 Å². The molecule has 2 rings (SSSR count). The highest BCUT2D eigenvalue weighted by molar-refractivity contribution is 5.44. The molecule has 0 saturated heterocycles. The second-order valence-electron chi connectivity index (χ2n) is 6.40. The minimum atomic E-state index is -0.370. The molecule has 0 spiro atoms. The Hall–Kier alpha value is -1.16. The van der Waals surface area contributed by atoms with E-state index in [-0.39, 0.29) is 11.0 Å². The van der Waals surface area contributed by atoms with Crippen molar-refractivity contribution in [2.75, 3.05) is 0 Å². The summed E-state index contributed by atoms with van der Waals surface area (Å²) in [7, 11) is 0. The molecule has 1 aliphatic rings. The normalized spacial score (nSPS) is 20.4. The van der Waals surface area contributed by atoms with Gasteiger partial charge in [-0.05, 0) is 25.2 Å². The Labute approximate surface area is 109 Å². The number of hydrogen-bond donors (Lipinski definition) is 1. The Balaban J connectivity index is 2.21. The lowest BCUT2D eigenvalue weighted by molar-refractivity contribution is 0.363. The molecule has 0 atom stereocenters. The number of nitrogens with two attached hydrogens (primary N) is 1. The zero-order valence-electron chi connectivity index (χ0n) is 11.8. The summed E-state index contributed by atoms with van der Waals surface area (Å²) >= 11 is 0. The Morgan fingerprint density at radius 1 is 1.33 bits per heavy atom. The first-order valence-electron chi connectivity index (χ1n) is 6.63. The van der Waals surface area contributed by atoms with E-state index in [0.29, 0.717) is 11.7 Å². The number of aromatic nitrogens is 2. The average molecular weight is 249 g/mol. The van der Waals surface area contributed by atoms with Gasteiger partial charge < -0.3 is 10.3 Å². The lowest BCUT2D eigenvalue weighted by atomic mass is 9.87. The van der Waals surface area contributed by atoms with Crippen LogP contribution < -0.4 is 5.73 Å². The molecule has 1 aliphatic carbocycles. The minimum absolute atomic E-state index is 0.113. The van der Waals surface area contributed by atoms with E-state index in [1.165, 1.54) is 5.57 Å². The standard InChI is InChI=1S/C14H23N3O/c1-10(13(2,3)4)9-11-16-12(17-18-11)14(15)7-5-6-8-14/h9H,5-8,15H2,1-4H3/b10-9+. The van der Waals surface area contributed by atoms with Crippen LogP contribution in [0.5, 0.6) is 0 Å². The predicted molar refractivity (Wildman–Crippen MR) is 71.7 cm³/mol. The molecule has 1 heterocycles. The fourth-order valence-corrected chi connectivity index (χ4v) is 2.13. The Kier molecular flexibility index (Phi) is 3.32. The summed E-state index contributed by atoms with van der Waals surface area (Å²) in [6.07, 6.45) is 6.16. The Morgan fingerprint density at radius 3 is 2.50 bits per heavy atom. The maximum absolute atomic E-state index is 6.30. The second-order valence-corrected chi connectivity index (χ2v) is 6.40. The van der Waals surface area contributed by atoms with Crippen molar-refractivity contribution < 1.29 is 4.52 Å². The molecule has 18 heavy (non-hydrogen) atoms. The first kappa shape index (κ1) is 13.3. The maximum atomic E-state index is 6.30. The third kappa shape index (κ3) is 2.64. The van der Waals surface area contributed by atoms with Crippen molar-refractivity contribution in [1.29, 1.82) is 0 Å². The molecule has 4 heteroatoms. The lowest BCUT2D eigenvalue weighted by Gasteiger charge is -2.18. The zero-order valence-corrected chi connectivity index (χ0v) is 11.8. The van der Waals surface area contributed by atoms with E-state index in [4.69, 9.17) is 10.3 Å². The topological polar surface area (TPSA) is 64.9 Å². The van der Waals surface area contributed by atoms with Crippen LogP contribution in [0.1, 0.15) is 65.1 Å². The van der Waals surface area contributed by atoms with Crippen molar-refractivity contribution in [1.82, 2.24) is 10.1 Å². The van der Waals surface area contributed by atoms with Crippen LogP contribution in [0.15, 0.2) is 10.1 Å². The molecule has 2 N–H and O–H groups in total. The van der Waals surface area contributed by atoms with Gasteiger partial charge in [-0.2, -0.15) is 4.98 Å². The van der Waals surface area contributed by atoms with Gasteiger partial charge in [-0.3, -0.25) is 0 Å². The van der Waals surface area contributed by atoms with Crippen LogP contribution in [0.25, 0.3) is 6.08 Å². The van der Waals surface area contributed by atoms with Crippen LogP contribution >= 0.6 is 0 Å². The molecule has 0 aromatic carbocycles. The van der Waals surface area contributed by atoms with E-state index in [2.05, 4.69) is 37.8 Å². The van der Waals surface area contributed by atoms with Gasteiger partial charge in [-0.1, -0.05) is 44.3 Å². The van der Waals surface area contributed by atoms with Crippen LogP contribution in [0.2, 0.25) is 0 Å². The molecule has 0 radical (unpaired) electrons. The number of nitrogens with zero attached hydrogens (tertiary/aromatic N) is 2. The highest BCUT2D eigenvalue weighted by atomic mass is 16.5. The summed E-state index contributed by atoms with van der Waals surface area (Å²) in [4.78, 5) is 4.44. The van der Waals surface area contributed by atoms with E-state index in [1.807, 2.05) is 6.08 Å². The molecular weight excluding hydrogens is 226 g/mol. The molecule has 1 saturated carbocycles. The van der Waals surface area contributed by atoms with Crippen molar-refractivity contribution in [3.05, 3.63) is 17.3 Å². The second kappa shape index (κ2) is 4.50. The molecule has 0 unspecified atom stereocenters. The summed E-state index contributed by atoms with van der Waals surface area (Å²) < 4.78 is 5.29. The van der Waals surface area contributed by atoms with Crippen molar-refractivity contribution in [3.63, 3.8) is 0 Å². The molecule has 0 amide bonds. The Bertz CT molecular complexity index is 448. The quantitative estimate of drug-likeness (QED) is 0.873. The van der Waals surface area contributed by atoms with Crippen LogP contribution in [-0.2, 0) is 5.54 Å². The third-order valence-corrected chi connectivity index (χ3v) is 3.91. The highest BCUT2D eigenvalue weighted by Gasteiger charge is 2.35. The third-order valence-electron chi connectivity index (χ3n) is 3.91. The van der Waals surface area contributed by atoms with Gasteiger partial charge in [0.15, 0.2) is 5.82 Å². The summed E-state index contributed by atoms with van der Waals surface area (Å²) in [6.45, 7) is 8.57. The van der Waals surface area contributed by atoms with Crippen molar-refractivity contribution in [3.8, 4) is 0 Å². The van der Waals surface area contributed by atoms with Crippen molar-refractivity contribution in [2.45, 2.75) is 58.9 Å². The lowest BCUT2D eigenvalue weighted by Crippen LogP contribution is -2.34. The monoisotopic (exact) mass is 249 g/mol. The highest BCUT2D eigenvalue weighted by Crippen LogP contribution is 2.35. The van der Waals surface area contributed by atoms with Gasteiger partial charge in [0.05, 0.1) is 5.54 Å². The van der Waals surface area contributed by atoms with E-state index < -0.39 is 0 Å². The smallest absolute Gasteiger partial charge is 0.250 e. The molecule has 1 aromatic heterocycles. The molecular formula is C14H23N3O. The molecule has 100 valence electrons. The summed E-state index contributed by atoms with van der Waals surface area (Å²) in [5, 5.41) is 4.05. The largest absolute Gasteiger partial charge is 0.335 e. The van der Waals surface area contributed by atoms with Crippen LogP contribution in [0, 0.1) is 5.41 Å². The summed E-state index contributed by atoms with van der Waals surface area (Å²) in [5.74, 6) is 1.22. The van der Waals surface area contributed by atoms with E-state index in [1.54, 1.807) is 0 Å². The number of hydrogen-bond acceptors (Lipinski definition) is 4. The van der Waals surface area contributed by atoms with Crippen molar-refractivity contribution in [2.24, 2.45) is 11.1 Å². The first-order valence-corrected chi connectivity index (χ1v) is 6.63. The first-order chi connectivity index (χ1) is 8.31. The minimum Gasteiger partial charge on any atom is -0.335 e. The molecule has 0 bridgehead atoms. The van der Waals surface area contributed by atoms with Gasteiger partial charge in [0.2, 0.25) is 0 Å². The van der Waals surface area contributed by atoms with Crippen LogP contribution in [0.3, 0.4) is 0 Å². The van der Waals surface area contributed by atoms with Crippen LogP contribution in [0.4, 0.5) is 0 Å². The van der Waals surface area contributed by atoms with Gasteiger partial charge in [0.25, 0.3) is 5.89 Å². The van der Waals surface area contributed by atoms with E-state index in [9.17, 15) is 0 Å². The van der Waals surface area contributed by atoms with Crippen LogP contribution in [-0.4, -0.2) is 10.1 Å². The SMILES string of the molecule is C/C(=C\c1nc(C2(N)CCCC2)no1)C(C)(C)C. The van der Waals surface area contributed by atoms with E-state index in [0.717, 1.165) is 25.7 Å². The molecule has 1 aromatic rings. The predicted octanol–water partition coefficient (Wildman–Crippen LogP) is 3.25. The van der Waals surface area contributed by atoms with Gasteiger partial charge in [-0.15, -0.1) is 0 Å². The fraction of sp³-hybridized carbons (Fsp3) is 0.714. The van der Waals surface area contributed by atoms with E-state index >= 15 is 0 Å². The number of rotatable bonds is 2. The number of allylic oxidation sites excluding steroid dienone is 1. The molecule has 0 aliphatic heterocycles. The summed E-state index contributed by atoms with van der Waals surface area (Å²) in [6, 6.07) is 0. The fourth-order valence-electron chi connectivity index (χ4n) is 2.13. The van der Waals surface area contributed by atoms with Gasteiger partial charge >= 0.3 is 0 Å². The molecule has 4 nitrogen and oxygen atoms in total.